The van der Waals surface area contributed by atoms with Crippen molar-refractivity contribution in [2.75, 3.05) is 24.9 Å². The van der Waals surface area contributed by atoms with E-state index in [9.17, 15) is 14.4 Å². The van der Waals surface area contributed by atoms with Gasteiger partial charge in [-0.25, -0.2) is 4.79 Å². The van der Waals surface area contributed by atoms with Gasteiger partial charge in [0.05, 0.1) is 46.8 Å². The van der Waals surface area contributed by atoms with Gasteiger partial charge in [0.25, 0.3) is 5.91 Å². The summed E-state index contributed by atoms with van der Waals surface area (Å²) in [6.45, 7) is 1.61. The SMILES string of the molecule is COC(=O)c1c(NC(=O)Cc2ccc(OC)cc2)sc(C(=O)Nc2cccc(Cl)c2Cl)c1C. The van der Waals surface area contributed by atoms with E-state index in [1.54, 1.807) is 56.5 Å². The summed E-state index contributed by atoms with van der Waals surface area (Å²) in [7, 11) is 2.79. The number of amides is 2. The molecule has 0 fully saturated rings. The third kappa shape index (κ3) is 5.65. The molecule has 0 aliphatic rings. The van der Waals surface area contributed by atoms with Gasteiger partial charge in [0.1, 0.15) is 10.8 Å². The lowest BCUT2D eigenvalue weighted by Crippen LogP contribution is -2.16. The van der Waals surface area contributed by atoms with Crippen LogP contribution >= 0.6 is 34.5 Å². The number of hydrogen-bond donors (Lipinski definition) is 2. The van der Waals surface area contributed by atoms with Gasteiger partial charge in [-0.2, -0.15) is 0 Å². The molecule has 7 nitrogen and oxygen atoms in total. The number of carbonyl (C=O) groups is 3. The number of hydrogen-bond acceptors (Lipinski definition) is 6. The van der Waals surface area contributed by atoms with Crippen LogP contribution in [0.1, 0.15) is 31.2 Å². The van der Waals surface area contributed by atoms with Gasteiger partial charge in [-0.05, 0) is 42.3 Å². The quantitative estimate of drug-likeness (QED) is 0.407. The van der Waals surface area contributed by atoms with Gasteiger partial charge >= 0.3 is 5.97 Å². The first-order valence-electron chi connectivity index (χ1n) is 9.65. The van der Waals surface area contributed by atoms with Crippen LogP contribution in [0.15, 0.2) is 42.5 Å². The Morgan fingerprint density at radius 3 is 2.33 bits per heavy atom. The summed E-state index contributed by atoms with van der Waals surface area (Å²) in [5, 5.41) is 6.12. The predicted molar refractivity (Wildman–Crippen MR) is 130 cm³/mol. The molecule has 2 aromatic carbocycles. The molecule has 0 atom stereocenters. The smallest absolute Gasteiger partial charge is 0.341 e. The lowest BCUT2D eigenvalue weighted by molar-refractivity contribution is -0.115. The molecule has 1 aromatic heterocycles. The lowest BCUT2D eigenvalue weighted by atomic mass is 10.1. The van der Waals surface area contributed by atoms with Crippen molar-refractivity contribution < 1.29 is 23.9 Å². The zero-order valence-electron chi connectivity index (χ0n) is 18.0. The molecule has 0 saturated heterocycles. The zero-order valence-corrected chi connectivity index (χ0v) is 20.3. The minimum atomic E-state index is -0.664. The molecule has 2 amide bonds. The van der Waals surface area contributed by atoms with Crippen LogP contribution in [0.25, 0.3) is 0 Å². The molecule has 1 heterocycles. The number of carbonyl (C=O) groups excluding carboxylic acids is 3. The molecule has 0 spiro atoms. The van der Waals surface area contributed by atoms with E-state index in [1.165, 1.54) is 7.11 Å². The summed E-state index contributed by atoms with van der Waals surface area (Å²) in [6.07, 6.45) is 0.0706. The maximum absolute atomic E-state index is 12.9. The number of nitrogens with one attached hydrogen (secondary N) is 2. The number of halogens is 2. The average molecular weight is 507 g/mol. The van der Waals surface area contributed by atoms with Gasteiger partial charge < -0.3 is 20.1 Å². The summed E-state index contributed by atoms with van der Waals surface area (Å²) in [6, 6.07) is 11.9. The van der Waals surface area contributed by atoms with Gasteiger partial charge in [0.2, 0.25) is 5.91 Å². The number of anilines is 2. The Hall–Kier alpha value is -3.07. The molecule has 33 heavy (non-hydrogen) atoms. The highest BCUT2D eigenvalue weighted by molar-refractivity contribution is 7.19. The van der Waals surface area contributed by atoms with E-state index in [-0.39, 0.29) is 32.8 Å². The highest BCUT2D eigenvalue weighted by Gasteiger charge is 2.27. The van der Waals surface area contributed by atoms with Crippen LogP contribution in [0, 0.1) is 6.92 Å². The Morgan fingerprint density at radius 2 is 1.70 bits per heavy atom. The van der Waals surface area contributed by atoms with E-state index in [0.29, 0.717) is 22.0 Å². The molecule has 0 aliphatic carbocycles. The molecule has 3 aromatic rings. The van der Waals surface area contributed by atoms with E-state index >= 15 is 0 Å². The van der Waals surface area contributed by atoms with E-state index in [0.717, 1.165) is 16.9 Å². The van der Waals surface area contributed by atoms with Crippen LogP contribution in [-0.4, -0.2) is 32.0 Å². The van der Waals surface area contributed by atoms with Gasteiger partial charge in [-0.3, -0.25) is 9.59 Å². The molecule has 0 radical (unpaired) electrons. The minimum Gasteiger partial charge on any atom is -0.497 e. The van der Waals surface area contributed by atoms with E-state index in [2.05, 4.69) is 10.6 Å². The standard InChI is InChI=1S/C23H20Cl2N2O5S/c1-12-18(23(30)32-3)22(27-17(28)11-13-7-9-14(31-2)10-8-13)33-20(12)21(29)26-16-6-4-5-15(24)19(16)25/h4-10H,11H2,1-3H3,(H,26,29)(H,27,28). The molecular weight excluding hydrogens is 487 g/mol. The van der Waals surface area contributed by atoms with Gasteiger partial charge in [0, 0.05) is 0 Å². The fourth-order valence-electron chi connectivity index (χ4n) is 3.05. The van der Waals surface area contributed by atoms with Crippen LogP contribution in [0.4, 0.5) is 10.7 Å². The Morgan fingerprint density at radius 1 is 1.00 bits per heavy atom. The first-order valence-corrected chi connectivity index (χ1v) is 11.2. The van der Waals surface area contributed by atoms with Crippen molar-refractivity contribution in [2.45, 2.75) is 13.3 Å². The summed E-state index contributed by atoms with van der Waals surface area (Å²) in [5.74, 6) is -0.835. The molecule has 3 rings (SSSR count). The van der Waals surface area contributed by atoms with Crippen molar-refractivity contribution in [1.82, 2.24) is 0 Å². The van der Waals surface area contributed by atoms with Crippen molar-refractivity contribution in [2.24, 2.45) is 0 Å². The first kappa shape index (κ1) is 24.6. The minimum absolute atomic E-state index is 0.0706. The topological polar surface area (TPSA) is 93.7 Å². The van der Waals surface area contributed by atoms with Crippen molar-refractivity contribution in [3.05, 3.63) is 74.1 Å². The molecular formula is C23H20Cl2N2O5S. The third-order valence-electron chi connectivity index (χ3n) is 4.72. The third-order valence-corrected chi connectivity index (χ3v) is 6.74. The van der Waals surface area contributed by atoms with Crippen LogP contribution < -0.4 is 15.4 Å². The maximum Gasteiger partial charge on any atom is 0.341 e. The Balaban J connectivity index is 1.85. The number of esters is 1. The van der Waals surface area contributed by atoms with Crippen molar-refractivity contribution in [1.29, 1.82) is 0 Å². The number of rotatable bonds is 7. The normalized spacial score (nSPS) is 10.5. The predicted octanol–water partition coefficient (Wildman–Crippen LogP) is 5.59. The molecule has 0 saturated carbocycles. The van der Waals surface area contributed by atoms with Crippen LogP contribution in [-0.2, 0) is 16.0 Å². The summed E-state index contributed by atoms with van der Waals surface area (Å²) in [5.41, 5.74) is 1.58. The molecule has 0 bridgehead atoms. The number of ether oxygens (including phenoxy) is 2. The Bertz CT molecular complexity index is 1210. The molecule has 0 aliphatic heterocycles. The second kappa shape index (κ2) is 10.7. The van der Waals surface area contributed by atoms with Gasteiger partial charge in [0.15, 0.2) is 0 Å². The van der Waals surface area contributed by atoms with Crippen LogP contribution in [0.5, 0.6) is 5.75 Å². The number of methoxy groups -OCH3 is 2. The maximum atomic E-state index is 12.9. The van der Waals surface area contributed by atoms with Gasteiger partial charge in [-0.1, -0.05) is 41.4 Å². The number of benzene rings is 2. The van der Waals surface area contributed by atoms with E-state index in [4.69, 9.17) is 32.7 Å². The van der Waals surface area contributed by atoms with Crippen molar-refractivity contribution in [3.8, 4) is 5.75 Å². The zero-order chi connectivity index (χ0) is 24.1. The van der Waals surface area contributed by atoms with Crippen molar-refractivity contribution in [3.63, 3.8) is 0 Å². The summed E-state index contributed by atoms with van der Waals surface area (Å²) in [4.78, 5) is 38.2. The number of thiophene rings is 1. The highest BCUT2D eigenvalue weighted by atomic mass is 35.5. The van der Waals surface area contributed by atoms with Crippen LogP contribution in [0.2, 0.25) is 10.0 Å². The largest absolute Gasteiger partial charge is 0.497 e. The summed E-state index contributed by atoms with van der Waals surface area (Å²) >= 11 is 13.1. The molecule has 0 unspecified atom stereocenters. The summed E-state index contributed by atoms with van der Waals surface area (Å²) < 4.78 is 9.98. The Kier molecular flexibility index (Phi) is 7.97. The molecule has 172 valence electrons. The van der Waals surface area contributed by atoms with Crippen LogP contribution in [0.3, 0.4) is 0 Å². The molecule has 10 heteroatoms. The van der Waals surface area contributed by atoms with E-state index < -0.39 is 11.9 Å². The molecule has 2 N–H and O–H groups in total. The van der Waals surface area contributed by atoms with E-state index in [1.807, 2.05) is 0 Å². The fraction of sp³-hybridized carbons (Fsp3) is 0.174. The second-order valence-electron chi connectivity index (χ2n) is 6.88. The second-order valence-corrected chi connectivity index (χ2v) is 8.69. The highest BCUT2D eigenvalue weighted by Crippen LogP contribution is 2.36. The lowest BCUT2D eigenvalue weighted by Gasteiger charge is -2.07. The average Bonchev–Trinajstić information content (AvgIpc) is 3.12. The monoisotopic (exact) mass is 506 g/mol. The first-order chi connectivity index (χ1) is 15.7. The fourth-order valence-corrected chi connectivity index (χ4v) is 4.50. The Labute approximate surface area is 204 Å². The van der Waals surface area contributed by atoms with Crippen molar-refractivity contribution >= 4 is 63.0 Å². The van der Waals surface area contributed by atoms with Gasteiger partial charge in [-0.15, -0.1) is 11.3 Å².